The van der Waals surface area contributed by atoms with E-state index in [-0.39, 0.29) is 5.91 Å². The Morgan fingerprint density at radius 3 is 3.00 bits per heavy atom. The Bertz CT molecular complexity index is 336. The van der Waals surface area contributed by atoms with E-state index in [2.05, 4.69) is 5.10 Å². The van der Waals surface area contributed by atoms with Crippen LogP contribution in [0.4, 0.5) is 0 Å². The Kier molecular flexibility index (Phi) is 4.98. The highest BCUT2D eigenvalue weighted by atomic mass is 16.5. The molecule has 1 aromatic rings. The molecule has 0 saturated heterocycles. The fraction of sp³-hybridized carbons (Fsp3) is 0.636. The number of hydrogen-bond acceptors (Lipinski definition) is 3. The van der Waals surface area contributed by atoms with Gasteiger partial charge in [-0.05, 0) is 13.0 Å². The van der Waals surface area contributed by atoms with Gasteiger partial charge >= 0.3 is 0 Å². The maximum Gasteiger partial charge on any atom is 0.224 e. The minimum absolute atomic E-state index is 0.0886. The average Bonchev–Trinajstić information content (AvgIpc) is 2.72. The van der Waals surface area contributed by atoms with Crippen LogP contribution in [0, 0.1) is 0 Å². The van der Waals surface area contributed by atoms with E-state index in [1.54, 1.807) is 25.3 Å². The summed E-state index contributed by atoms with van der Waals surface area (Å²) in [5.74, 6) is 0.0886. The van der Waals surface area contributed by atoms with E-state index in [1.807, 2.05) is 17.7 Å². The molecule has 90 valence electrons. The van der Waals surface area contributed by atoms with Crippen molar-refractivity contribution in [1.82, 2.24) is 14.7 Å². The smallest absolute Gasteiger partial charge is 0.224 e. The second-order valence-corrected chi connectivity index (χ2v) is 3.63. The first kappa shape index (κ1) is 12.7. The minimum atomic E-state index is 0.0886. The zero-order valence-corrected chi connectivity index (χ0v) is 10.1. The Hall–Kier alpha value is -1.36. The van der Waals surface area contributed by atoms with Gasteiger partial charge in [0.1, 0.15) is 0 Å². The van der Waals surface area contributed by atoms with Crippen LogP contribution in [0.25, 0.3) is 0 Å². The van der Waals surface area contributed by atoms with Gasteiger partial charge in [0.15, 0.2) is 0 Å². The number of nitrogens with zero attached hydrogens (tertiary/aromatic N) is 3. The SMILES string of the molecule is CCn1nccc1CN(C)C(=O)CCOC. The highest BCUT2D eigenvalue weighted by Gasteiger charge is 2.10. The van der Waals surface area contributed by atoms with E-state index in [9.17, 15) is 4.79 Å². The topological polar surface area (TPSA) is 47.4 Å². The van der Waals surface area contributed by atoms with Crippen molar-refractivity contribution in [2.75, 3.05) is 20.8 Å². The van der Waals surface area contributed by atoms with E-state index in [0.29, 0.717) is 19.6 Å². The first-order valence-electron chi connectivity index (χ1n) is 5.42. The summed E-state index contributed by atoms with van der Waals surface area (Å²) in [6.45, 7) is 3.91. The summed E-state index contributed by atoms with van der Waals surface area (Å²) in [7, 11) is 3.39. The molecular weight excluding hydrogens is 206 g/mol. The van der Waals surface area contributed by atoms with Gasteiger partial charge in [-0.2, -0.15) is 5.10 Å². The number of amides is 1. The number of aromatic nitrogens is 2. The van der Waals surface area contributed by atoms with E-state index in [4.69, 9.17) is 4.74 Å². The second kappa shape index (κ2) is 6.27. The normalized spacial score (nSPS) is 10.4. The number of carbonyl (C=O) groups is 1. The lowest BCUT2D eigenvalue weighted by atomic mass is 10.3. The van der Waals surface area contributed by atoms with Gasteiger partial charge in [-0.25, -0.2) is 0 Å². The molecular formula is C11H19N3O2. The Labute approximate surface area is 96.0 Å². The molecule has 0 saturated carbocycles. The molecule has 0 bridgehead atoms. The third kappa shape index (κ3) is 3.34. The van der Waals surface area contributed by atoms with Crippen LogP contribution in [0.3, 0.4) is 0 Å². The monoisotopic (exact) mass is 225 g/mol. The zero-order chi connectivity index (χ0) is 12.0. The molecule has 0 aliphatic carbocycles. The summed E-state index contributed by atoms with van der Waals surface area (Å²) in [6, 6.07) is 1.93. The van der Waals surface area contributed by atoms with Gasteiger partial charge in [-0.3, -0.25) is 9.48 Å². The maximum absolute atomic E-state index is 11.6. The van der Waals surface area contributed by atoms with Crippen LogP contribution < -0.4 is 0 Å². The largest absolute Gasteiger partial charge is 0.384 e. The van der Waals surface area contributed by atoms with Crippen LogP contribution in [0.2, 0.25) is 0 Å². The van der Waals surface area contributed by atoms with Crippen molar-refractivity contribution in [2.45, 2.75) is 26.4 Å². The summed E-state index contributed by atoms with van der Waals surface area (Å²) in [4.78, 5) is 13.3. The fourth-order valence-electron chi connectivity index (χ4n) is 1.49. The van der Waals surface area contributed by atoms with Crippen LogP contribution in [-0.2, 0) is 22.6 Å². The first-order valence-corrected chi connectivity index (χ1v) is 5.42. The molecule has 0 unspecified atom stereocenters. The third-order valence-corrected chi connectivity index (χ3v) is 2.45. The highest BCUT2D eigenvalue weighted by Crippen LogP contribution is 2.04. The minimum Gasteiger partial charge on any atom is -0.384 e. The average molecular weight is 225 g/mol. The number of aryl methyl sites for hydroxylation is 1. The summed E-state index contributed by atoms with van der Waals surface area (Å²) < 4.78 is 6.77. The molecule has 1 rings (SSSR count). The molecule has 0 aromatic carbocycles. The summed E-state index contributed by atoms with van der Waals surface area (Å²) in [5.41, 5.74) is 1.05. The predicted octanol–water partition coefficient (Wildman–Crippen LogP) is 0.898. The van der Waals surface area contributed by atoms with E-state index in [0.717, 1.165) is 12.2 Å². The lowest BCUT2D eigenvalue weighted by Crippen LogP contribution is -2.28. The number of hydrogen-bond donors (Lipinski definition) is 0. The van der Waals surface area contributed by atoms with Gasteiger partial charge < -0.3 is 9.64 Å². The second-order valence-electron chi connectivity index (χ2n) is 3.63. The van der Waals surface area contributed by atoms with Gasteiger partial charge in [0.2, 0.25) is 5.91 Å². The molecule has 0 fully saturated rings. The Morgan fingerprint density at radius 1 is 1.62 bits per heavy atom. The molecule has 0 aliphatic rings. The van der Waals surface area contributed by atoms with Crippen molar-refractivity contribution in [3.8, 4) is 0 Å². The van der Waals surface area contributed by atoms with E-state index >= 15 is 0 Å². The number of carbonyl (C=O) groups excluding carboxylic acids is 1. The molecule has 5 nitrogen and oxygen atoms in total. The molecule has 1 amide bonds. The van der Waals surface area contributed by atoms with Gasteiger partial charge in [0.05, 0.1) is 25.3 Å². The third-order valence-electron chi connectivity index (χ3n) is 2.45. The highest BCUT2D eigenvalue weighted by molar-refractivity contribution is 5.75. The number of methoxy groups -OCH3 is 1. The van der Waals surface area contributed by atoms with Crippen molar-refractivity contribution in [3.05, 3.63) is 18.0 Å². The Morgan fingerprint density at radius 2 is 2.38 bits per heavy atom. The van der Waals surface area contributed by atoms with Crippen molar-refractivity contribution in [3.63, 3.8) is 0 Å². The molecule has 0 radical (unpaired) electrons. The number of rotatable bonds is 6. The molecule has 1 aromatic heterocycles. The van der Waals surface area contributed by atoms with Crippen LogP contribution in [-0.4, -0.2) is 41.4 Å². The predicted molar refractivity (Wildman–Crippen MR) is 60.9 cm³/mol. The van der Waals surface area contributed by atoms with E-state index < -0.39 is 0 Å². The summed E-state index contributed by atoms with van der Waals surface area (Å²) in [5, 5.41) is 4.16. The number of ether oxygens (including phenoxy) is 1. The van der Waals surface area contributed by atoms with Gasteiger partial charge in [0.25, 0.3) is 0 Å². The zero-order valence-electron chi connectivity index (χ0n) is 10.1. The van der Waals surface area contributed by atoms with Crippen LogP contribution >= 0.6 is 0 Å². The van der Waals surface area contributed by atoms with Crippen LogP contribution in [0.1, 0.15) is 19.0 Å². The van der Waals surface area contributed by atoms with Crippen molar-refractivity contribution in [1.29, 1.82) is 0 Å². The molecule has 0 aliphatic heterocycles. The standard InChI is InChI=1S/C11H19N3O2/c1-4-14-10(5-7-12-14)9-13(2)11(15)6-8-16-3/h5,7H,4,6,8-9H2,1-3H3. The molecule has 0 N–H and O–H groups in total. The molecule has 1 heterocycles. The summed E-state index contributed by atoms with van der Waals surface area (Å²) >= 11 is 0. The molecule has 16 heavy (non-hydrogen) atoms. The quantitative estimate of drug-likeness (QED) is 0.722. The Balaban J connectivity index is 2.50. The summed E-state index contributed by atoms with van der Waals surface area (Å²) in [6.07, 6.45) is 2.18. The first-order chi connectivity index (χ1) is 7.69. The maximum atomic E-state index is 11.6. The van der Waals surface area contributed by atoms with Crippen LogP contribution in [0.5, 0.6) is 0 Å². The molecule has 0 atom stereocenters. The van der Waals surface area contributed by atoms with Gasteiger partial charge in [-0.15, -0.1) is 0 Å². The fourth-order valence-corrected chi connectivity index (χ4v) is 1.49. The van der Waals surface area contributed by atoms with E-state index in [1.165, 1.54) is 0 Å². The molecule has 5 heteroatoms. The van der Waals surface area contributed by atoms with Gasteiger partial charge in [-0.1, -0.05) is 0 Å². The van der Waals surface area contributed by atoms with Crippen molar-refractivity contribution in [2.24, 2.45) is 0 Å². The molecule has 0 spiro atoms. The van der Waals surface area contributed by atoms with Crippen molar-refractivity contribution >= 4 is 5.91 Å². The lowest BCUT2D eigenvalue weighted by Gasteiger charge is -2.17. The van der Waals surface area contributed by atoms with Crippen LogP contribution in [0.15, 0.2) is 12.3 Å². The van der Waals surface area contributed by atoms with Crippen molar-refractivity contribution < 1.29 is 9.53 Å². The van der Waals surface area contributed by atoms with Gasteiger partial charge in [0, 0.05) is 26.9 Å². The lowest BCUT2D eigenvalue weighted by molar-refractivity contribution is -0.131.